The molecule has 0 spiro atoms. The van der Waals surface area contributed by atoms with Crippen molar-refractivity contribution in [3.8, 4) is 0 Å². The summed E-state index contributed by atoms with van der Waals surface area (Å²) in [6.07, 6.45) is 2.44. The van der Waals surface area contributed by atoms with Crippen molar-refractivity contribution in [3.05, 3.63) is 0 Å². The molecule has 1 aliphatic heterocycles. The Kier molecular flexibility index (Phi) is 4.20. The monoisotopic (exact) mass is 243 g/mol. The Morgan fingerprint density at radius 1 is 1.59 bits per heavy atom. The van der Waals surface area contributed by atoms with Crippen LogP contribution >= 0.6 is 0 Å². The third-order valence-electron chi connectivity index (χ3n) is 4.04. The molecule has 17 heavy (non-hydrogen) atoms. The number of hydrogen-bond donors (Lipinski definition) is 2. The van der Waals surface area contributed by atoms with Gasteiger partial charge in [0.15, 0.2) is 0 Å². The number of carbonyl (C=O) groups is 1. The van der Waals surface area contributed by atoms with E-state index in [9.17, 15) is 9.90 Å². The van der Waals surface area contributed by atoms with Gasteiger partial charge in [-0.25, -0.2) is 0 Å². The summed E-state index contributed by atoms with van der Waals surface area (Å²) in [5.41, 5.74) is 4.74. The molecular formula is C13H25NO3. The molecule has 0 amide bonds. The fraction of sp³-hybridized carbons (Fsp3) is 0.923. The van der Waals surface area contributed by atoms with Crippen LogP contribution in [0.3, 0.4) is 0 Å². The minimum Gasteiger partial charge on any atom is -0.481 e. The van der Waals surface area contributed by atoms with Crippen LogP contribution in [0.5, 0.6) is 0 Å². The van der Waals surface area contributed by atoms with E-state index in [1.165, 1.54) is 0 Å². The van der Waals surface area contributed by atoms with Gasteiger partial charge >= 0.3 is 5.97 Å². The lowest BCUT2D eigenvalue weighted by Gasteiger charge is -2.34. The van der Waals surface area contributed by atoms with Gasteiger partial charge in [-0.3, -0.25) is 4.79 Å². The average Bonchev–Trinajstić information content (AvgIpc) is 2.53. The van der Waals surface area contributed by atoms with Crippen LogP contribution in [0.4, 0.5) is 0 Å². The predicted octanol–water partition coefficient (Wildman–Crippen LogP) is 2.02. The molecule has 3 N–H and O–H groups in total. The second-order valence-electron chi connectivity index (χ2n) is 6.06. The normalized spacial score (nSPS) is 27.1. The molecule has 1 heterocycles. The number of rotatable bonds is 5. The van der Waals surface area contributed by atoms with E-state index in [0.717, 1.165) is 12.8 Å². The van der Waals surface area contributed by atoms with E-state index in [0.29, 0.717) is 6.42 Å². The minimum absolute atomic E-state index is 0.0114. The highest BCUT2D eigenvalue weighted by molar-refractivity contribution is 5.75. The molecule has 4 nitrogen and oxygen atoms in total. The first kappa shape index (κ1) is 14.5. The second-order valence-corrected chi connectivity index (χ2v) is 6.06. The van der Waals surface area contributed by atoms with Crippen molar-refractivity contribution in [1.82, 2.24) is 0 Å². The standard InChI is InChI=1S/C13H25NO3/c1-9(2)13(8-14,11(15)16)7-10-5-6-12(3,4)17-10/h9-10H,5-8,14H2,1-4H3,(H,15,16). The number of nitrogens with two attached hydrogens (primary N) is 1. The predicted molar refractivity (Wildman–Crippen MR) is 66.8 cm³/mol. The highest BCUT2D eigenvalue weighted by atomic mass is 16.5. The van der Waals surface area contributed by atoms with E-state index in [-0.39, 0.29) is 24.2 Å². The lowest BCUT2D eigenvalue weighted by atomic mass is 9.72. The van der Waals surface area contributed by atoms with Gasteiger partial charge in [0.05, 0.1) is 17.1 Å². The minimum atomic E-state index is -0.856. The summed E-state index contributed by atoms with van der Waals surface area (Å²) in [4.78, 5) is 11.5. The molecule has 0 saturated carbocycles. The van der Waals surface area contributed by atoms with Gasteiger partial charge in [-0.2, -0.15) is 0 Å². The van der Waals surface area contributed by atoms with Crippen LogP contribution < -0.4 is 5.73 Å². The number of carboxylic acids is 1. The molecule has 1 fully saturated rings. The summed E-state index contributed by atoms with van der Waals surface area (Å²) in [5.74, 6) is -0.791. The average molecular weight is 243 g/mol. The van der Waals surface area contributed by atoms with E-state index in [2.05, 4.69) is 0 Å². The summed E-state index contributed by atoms with van der Waals surface area (Å²) in [6.45, 7) is 8.10. The first-order valence-corrected chi connectivity index (χ1v) is 6.35. The van der Waals surface area contributed by atoms with Crippen molar-refractivity contribution in [2.24, 2.45) is 17.1 Å². The first-order valence-electron chi connectivity index (χ1n) is 6.35. The quantitative estimate of drug-likeness (QED) is 0.775. The zero-order valence-corrected chi connectivity index (χ0v) is 11.3. The van der Waals surface area contributed by atoms with Crippen molar-refractivity contribution in [1.29, 1.82) is 0 Å². The Morgan fingerprint density at radius 2 is 2.18 bits per heavy atom. The molecule has 1 saturated heterocycles. The Bertz CT molecular complexity index is 288. The molecule has 2 unspecified atom stereocenters. The fourth-order valence-corrected chi connectivity index (χ4v) is 2.60. The number of ether oxygens (including phenoxy) is 1. The maximum absolute atomic E-state index is 11.5. The molecule has 1 rings (SSSR count). The van der Waals surface area contributed by atoms with Crippen molar-refractivity contribution in [3.63, 3.8) is 0 Å². The van der Waals surface area contributed by atoms with Crippen LogP contribution in [0.15, 0.2) is 0 Å². The largest absolute Gasteiger partial charge is 0.481 e. The van der Waals surface area contributed by atoms with Gasteiger partial charge in [0.2, 0.25) is 0 Å². The number of carboxylic acid groups (broad SMARTS) is 1. The zero-order valence-electron chi connectivity index (χ0n) is 11.3. The first-order chi connectivity index (χ1) is 7.73. The van der Waals surface area contributed by atoms with Gasteiger partial charge in [-0.1, -0.05) is 13.8 Å². The Morgan fingerprint density at radius 3 is 2.47 bits per heavy atom. The highest BCUT2D eigenvalue weighted by Crippen LogP contribution is 2.39. The van der Waals surface area contributed by atoms with Crippen molar-refractivity contribution in [2.75, 3.05) is 6.54 Å². The molecule has 100 valence electrons. The third kappa shape index (κ3) is 2.99. The van der Waals surface area contributed by atoms with Crippen LogP contribution in [0, 0.1) is 11.3 Å². The van der Waals surface area contributed by atoms with Crippen LogP contribution in [-0.4, -0.2) is 29.3 Å². The fourth-order valence-electron chi connectivity index (χ4n) is 2.60. The summed E-state index contributed by atoms with van der Waals surface area (Å²) in [7, 11) is 0. The summed E-state index contributed by atoms with van der Waals surface area (Å²) >= 11 is 0. The van der Waals surface area contributed by atoms with Crippen molar-refractivity contribution >= 4 is 5.97 Å². The van der Waals surface area contributed by atoms with E-state index >= 15 is 0 Å². The zero-order chi connectivity index (χ0) is 13.3. The molecule has 0 bridgehead atoms. The summed E-state index contributed by atoms with van der Waals surface area (Å²) in [6, 6.07) is 0. The molecule has 4 heteroatoms. The van der Waals surface area contributed by atoms with E-state index in [1.807, 2.05) is 27.7 Å². The summed E-state index contributed by atoms with van der Waals surface area (Å²) in [5, 5.41) is 9.45. The topological polar surface area (TPSA) is 72.5 Å². The van der Waals surface area contributed by atoms with Gasteiger partial charge in [-0.05, 0) is 39.0 Å². The van der Waals surface area contributed by atoms with Crippen molar-refractivity contribution < 1.29 is 14.6 Å². The molecule has 0 aliphatic carbocycles. The van der Waals surface area contributed by atoms with E-state index < -0.39 is 11.4 Å². The highest BCUT2D eigenvalue weighted by Gasteiger charge is 2.45. The lowest BCUT2D eigenvalue weighted by Crippen LogP contribution is -2.45. The van der Waals surface area contributed by atoms with Gasteiger partial charge in [-0.15, -0.1) is 0 Å². The van der Waals surface area contributed by atoms with Crippen LogP contribution in [0.1, 0.15) is 47.0 Å². The Hall–Kier alpha value is -0.610. The molecule has 0 aromatic carbocycles. The molecule has 0 radical (unpaired) electrons. The van der Waals surface area contributed by atoms with Crippen LogP contribution in [0.2, 0.25) is 0 Å². The number of aliphatic carboxylic acids is 1. The maximum atomic E-state index is 11.5. The van der Waals surface area contributed by atoms with Crippen molar-refractivity contribution in [2.45, 2.75) is 58.7 Å². The van der Waals surface area contributed by atoms with E-state index in [4.69, 9.17) is 10.5 Å². The molecule has 2 atom stereocenters. The molecular weight excluding hydrogens is 218 g/mol. The molecule has 0 aromatic heterocycles. The van der Waals surface area contributed by atoms with Gasteiger partial charge in [0.1, 0.15) is 0 Å². The SMILES string of the molecule is CC(C)C(CN)(CC1CCC(C)(C)O1)C(=O)O. The van der Waals surface area contributed by atoms with E-state index in [1.54, 1.807) is 0 Å². The third-order valence-corrected chi connectivity index (χ3v) is 4.04. The van der Waals surface area contributed by atoms with Gasteiger partial charge in [0.25, 0.3) is 0 Å². The van der Waals surface area contributed by atoms with Crippen LogP contribution in [-0.2, 0) is 9.53 Å². The van der Waals surface area contributed by atoms with Gasteiger partial charge in [0, 0.05) is 6.54 Å². The molecule has 1 aliphatic rings. The van der Waals surface area contributed by atoms with Gasteiger partial charge < -0.3 is 15.6 Å². The molecule has 0 aromatic rings. The van der Waals surface area contributed by atoms with Crippen LogP contribution in [0.25, 0.3) is 0 Å². The smallest absolute Gasteiger partial charge is 0.311 e. The number of hydrogen-bond acceptors (Lipinski definition) is 3. The summed E-state index contributed by atoms with van der Waals surface area (Å²) < 4.78 is 5.89. The lowest BCUT2D eigenvalue weighted by molar-refractivity contribution is -0.155. The Balaban J connectivity index is 2.78. The Labute approximate surface area is 104 Å². The maximum Gasteiger partial charge on any atom is 0.311 e. The second kappa shape index (κ2) is 4.94.